The minimum atomic E-state index is -0.155. The van der Waals surface area contributed by atoms with Gasteiger partial charge in [-0.15, -0.1) is 0 Å². The zero-order valence-corrected chi connectivity index (χ0v) is 15.5. The minimum absolute atomic E-state index is 0.155. The molecule has 0 saturated carbocycles. The highest BCUT2D eigenvalue weighted by Gasteiger charge is 2.08. The van der Waals surface area contributed by atoms with E-state index >= 15 is 0 Å². The number of nitrogens with one attached hydrogen (secondary N) is 2. The van der Waals surface area contributed by atoms with Gasteiger partial charge < -0.3 is 10.6 Å². The first kappa shape index (κ1) is 18.0. The number of pyridine rings is 1. The van der Waals surface area contributed by atoms with E-state index in [-0.39, 0.29) is 5.91 Å². The second-order valence-electron chi connectivity index (χ2n) is 6.16. The fraction of sp³-hybridized carbons (Fsp3) is 0.143. The molecule has 132 valence electrons. The van der Waals surface area contributed by atoms with Crippen LogP contribution in [0.4, 0.5) is 11.4 Å². The molecule has 1 amide bonds. The molecule has 0 bridgehead atoms. The van der Waals surface area contributed by atoms with Crippen LogP contribution in [-0.4, -0.2) is 10.9 Å². The van der Waals surface area contributed by atoms with Crippen LogP contribution in [0, 0.1) is 13.8 Å². The van der Waals surface area contributed by atoms with E-state index in [0.717, 1.165) is 28.1 Å². The first-order valence-electron chi connectivity index (χ1n) is 8.34. The van der Waals surface area contributed by atoms with Gasteiger partial charge in [0.05, 0.1) is 17.4 Å². The van der Waals surface area contributed by atoms with Crippen molar-refractivity contribution < 1.29 is 4.79 Å². The third-order valence-corrected chi connectivity index (χ3v) is 4.40. The van der Waals surface area contributed by atoms with Crippen molar-refractivity contribution in [3.63, 3.8) is 0 Å². The summed E-state index contributed by atoms with van der Waals surface area (Å²) in [5.74, 6) is -0.155. The number of rotatable bonds is 5. The number of aromatic nitrogens is 1. The van der Waals surface area contributed by atoms with Crippen LogP contribution >= 0.6 is 11.6 Å². The van der Waals surface area contributed by atoms with Crippen molar-refractivity contribution in [2.45, 2.75) is 20.4 Å². The number of carbonyl (C=O) groups is 1. The molecule has 0 aliphatic rings. The van der Waals surface area contributed by atoms with Crippen LogP contribution in [0.3, 0.4) is 0 Å². The van der Waals surface area contributed by atoms with Gasteiger partial charge >= 0.3 is 0 Å². The SMILES string of the molecule is Cc1ccccc1CNC(=O)c1cncc(Nc2ccc(Cl)cc2C)c1. The smallest absolute Gasteiger partial charge is 0.253 e. The Morgan fingerprint density at radius 1 is 1.04 bits per heavy atom. The molecule has 0 saturated heterocycles. The van der Waals surface area contributed by atoms with Gasteiger partial charge in [0.1, 0.15) is 0 Å². The summed E-state index contributed by atoms with van der Waals surface area (Å²) in [7, 11) is 0. The number of hydrogen-bond acceptors (Lipinski definition) is 3. The highest BCUT2D eigenvalue weighted by molar-refractivity contribution is 6.30. The lowest BCUT2D eigenvalue weighted by atomic mass is 10.1. The van der Waals surface area contributed by atoms with Crippen molar-refractivity contribution >= 4 is 28.9 Å². The Bertz CT molecular complexity index is 940. The molecule has 1 aromatic heterocycles. The highest BCUT2D eigenvalue weighted by Crippen LogP contribution is 2.23. The largest absolute Gasteiger partial charge is 0.354 e. The highest BCUT2D eigenvalue weighted by atomic mass is 35.5. The Labute approximate surface area is 158 Å². The van der Waals surface area contributed by atoms with Crippen LogP contribution < -0.4 is 10.6 Å². The summed E-state index contributed by atoms with van der Waals surface area (Å²) >= 11 is 5.99. The lowest BCUT2D eigenvalue weighted by Gasteiger charge is -2.11. The molecule has 26 heavy (non-hydrogen) atoms. The van der Waals surface area contributed by atoms with Crippen molar-refractivity contribution in [1.82, 2.24) is 10.3 Å². The molecule has 5 heteroatoms. The molecule has 0 aliphatic carbocycles. The van der Waals surface area contributed by atoms with Crippen LogP contribution in [-0.2, 0) is 6.54 Å². The maximum atomic E-state index is 12.4. The van der Waals surface area contributed by atoms with Crippen LogP contribution in [0.2, 0.25) is 5.02 Å². The molecule has 1 heterocycles. The van der Waals surface area contributed by atoms with E-state index in [9.17, 15) is 4.79 Å². The maximum Gasteiger partial charge on any atom is 0.253 e. The van der Waals surface area contributed by atoms with Gasteiger partial charge in [-0.1, -0.05) is 35.9 Å². The van der Waals surface area contributed by atoms with Crippen LogP contribution in [0.15, 0.2) is 60.9 Å². The number of amides is 1. The summed E-state index contributed by atoms with van der Waals surface area (Å²) in [4.78, 5) is 16.6. The van der Waals surface area contributed by atoms with E-state index in [2.05, 4.69) is 15.6 Å². The van der Waals surface area contributed by atoms with E-state index in [0.29, 0.717) is 17.1 Å². The number of nitrogens with zero attached hydrogens (tertiary/aromatic N) is 1. The molecule has 4 nitrogen and oxygen atoms in total. The zero-order chi connectivity index (χ0) is 18.5. The van der Waals surface area contributed by atoms with Crippen molar-refractivity contribution in [2.24, 2.45) is 0 Å². The first-order valence-corrected chi connectivity index (χ1v) is 8.71. The topological polar surface area (TPSA) is 54.0 Å². The van der Waals surface area contributed by atoms with Gasteiger partial charge in [-0.25, -0.2) is 0 Å². The molecule has 0 aliphatic heterocycles. The Hall–Kier alpha value is -2.85. The summed E-state index contributed by atoms with van der Waals surface area (Å²) in [5, 5.41) is 6.91. The predicted octanol–water partition coefficient (Wildman–Crippen LogP) is 5.03. The van der Waals surface area contributed by atoms with E-state index in [1.165, 1.54) is 0 Å². The summed E-state index contributed by atoms with van der Waals surface area (Å²) in [6.45, 7) is 4.49. The van der Waals surface area contributed by atoms with Gasteiger partial charge in [-0.05, 0) is 54.8 Å². The number of aryl methyl sites for hydroxylation is 2. The van der Waals surface area contributed by atoms with Crippen LogP contribution in [0.25, 0.3) is 0 Å². The Morgan fingerprint density at radius 2 is 1.85 bits per heavy atom. The quantitative estimate of drug-likeness (QED) is 0.667. The van der Waals surface area contributed by atoms with Crippen molar-refractivity contribution in [3.8, 4) is 0 Å². The third kappa shape index (κ3) is 4.41. The summed E-state index contributed by atoms with van der Waals surface area (Å²) in [5.41, 5.74) is 5.45. The first-order chi connectivity index (χ1) is 12.5. The lowest BCUT2D eigenvalue weighted by Crippen LogP contribution is -2.23. The molecule has 0 fully saturated rings. The van der Waals surface area contributed by atoms with Crippen molar-refractivity contribution in [2.75, 3.05) is 5.32 Å². The van der Waals surface area contributed by atoms with Gasteiger partial charge in [-0.3, -0.25) is 9.78 Å². The molecular formula is C21H20ClN3O. The van der Waals surface area contributed by atoms with Gasteiger partial charge in [0, 0.05) is 23.5 Å². The molecule has 2 N–H and O–H groups in total. The van der Waals surface area contributed by atoms with Crippen LogP contribution in [0.1, 0.15) is 27.0 Å². The number of benzene rings is 2. The lowest BCUT2D eigenvalue weighted by molar-refractivity contribution is 0.0950. The Kier molecular flexibility index (Phi) is 5.54. The monoisotopic (exact) mass is 365 g/mol. The molecule has 0 radical (unpaired) electrons. The van der Waals surface area contributed by atoms with Crippen molar-refractivity contribution in [3.05, 3.63) is 88.2 Å². The minimum Gasteiger partial charge on any atom is -0.354 e. The van der Waals surface area contributed by atoms with Gasteiger partial charge in [-0.2, -0.15) is 0 Å². The zero-order valence-electron chi connectivity index (χ0n) is 14.7. The van der Waals surface area contributed by atoms with Gasteiger partial charge in [0.15, 0.2) is 0 Å². The van der Waals surface area contributed by atoms with E-state index in [1.54, 1.807) is 18.5 Å². The second-order valence-corrected chi connectivity index (χ2v) is 6.59. The fourth-order valence-electron chi connectivity index (χ4n) is 2.64. The maximum absolute atomic E-state index is 12.4. The number of hydrogen-bond donors (Lipinski definition) is 2. The summed E-state index contributed by atoms with van der Waals surface area (Å²) in [6.07, 6.45) is 3.25. The molecule has 3 aromatic rings. The third-order valence-electron chi connectivity index (χ3n) is 4.17. The molecular weight excluding hydrogens is 346 g/mol. The standard InChI is InChI=1S/C21H20ClN3O/c1-14-5-3-4-6-16(14)12-24-21(26)17-10-19(13-23-11-17)25-20-8-7-18(22)9-15(20)2/h3-11,13,25H,12H2,1-2H3,(H,24,26). The van der Waals surface area contributed by atoms with Crippen LogP contribution in [0.5, 0.6) is 0 Å². The molecule has 2 aromatic carbocycles. The molecule has 0 unspecified atom stereocenters. The number of anilines is 2. The average Bonchev–Trinajstić information content (AvgIpc) is 2.63. The van der Waals surface area contributed by atoms with E-state index < -0.39 is 0 Å². The normalized spacial score (nSPS) is 10.4. The number of halogens is 1. The van der Waals surface area contributed by atoms with E-state index in [1.807, 2.05) is 56.3 Å². The van der Waals surface area contributed by atoms with Gasteiger partial charge in [0.25, 0.3) is 5.91 Å². The Morgan fingerprint density at radius 3 is 2.62 bits per heavy atom. The Balaban J connectivity index is 1.70. The molecule has 3 rings (SSSR count). The molecule has 0 atom stereocenters. The number of carbonyl (C=O) groups excluding carboxylic acids is 1. The average molecular weight is 366 g/mol. The molecule has 0 spiro atoms. The predicted molar refractivity (Wildman–Crippen MR) is 106 cm³/mol. The summed E-state index contributed by atoms with van der Waals surface area (Å²) < 4.78 is 0. The fourth-order valence-corrected chi connectivity index (χ4v) is 2.87. The second kappa shape index (κ2) is 8.02. The van der Waals surface area contributed by atoms with Crippen molar-refractivity contribution in [1.29, 1.82) is 0 Å². The summed E-state index contributed by atoms with van der Waals surface area (Å²) in [6, 6.07) is 15.4. The van der Waals surface area contributed by atoms with Gasteiger partial charge in [0.2, 0.25) is 0 Å². The van der Waals surface area contributed by atoms with E-state index in [4.69, 9.17) is 11.6 Å².